The normalized spacial score (nSPS) is 17.4. The van der Waals surface area contributed by atoms with Gasteiger partial charge in [0.1, 0.15) is 0 Å². The van der Waals surface area contributed by atoms with Crippen molar-refractivity contribution < 1.29 is 17.9 Å². The Morgan fingerprint density at radius 1 is 1.25 bits per heavy atom. The maximum Gasteiger partial charge on any atom is 0.416 e. The predicted octanol–water partition coefficient (Wildman–Crippen LogP) is 3.39. The van der Waals surface area contributed by atoms with Crippen LogP contribution in [-0.2, 0) is 10.9 Å². The first-order chi connectivity index (χ1) is 13.4. The fourth-order valence-electron chi connectivity index (χ4n) is 3.32. The summed E-state index contributed by atoms with van der Waals surface area (Å²) in [5.41, 5.74) is 0.231. The molecule has 1 aliphatic rings. The fraction of sp³-hybridized carbons (Fsp3) is 0.650. The molecule has 1 unspecified atom stereocenters. The van der Waals surface area contributed by atoms with E-state index in [-0.39, 0.29) is 6.04 Å². The molecule has 0 amide bonds. The van der Waals surface area contributed by atoms with Gasteiger partial charge in [0.05, 0.1) is 24.8 Å². The number of nitrogens with zero attached hydrogens (tertiary/aromatic N) is 3. The third kappa shape index (κ3) is 6.38. The van der Waals surface area contributed by atoms with Crippen molar-refractivity contribution in [1.29, 1.82) is 0 Å². The molecule has 0 spiro atoms. The Kier molecular flexibility index (Phi) is 8.57. The predicted molar refractivity (Wildman–Crippen MR) is 105 cm³/mol. The summed E-state index contributed by atoms with van der Waals surface area (Å²) in [6.07, 6.45) is -2.15. The molecule has 1 atom stereocenters. The summed E-state index contributed by atoms with van der Waals surface area (Å²) in [7, 11) is 3.74. The van der Waals surface area contributed by atoms with Crippen LogP contribution in [0.15, 0.2) is 29.3 Å². The number of morpholine rings is 1. The van der Waals surface area contributed by atoms with Crippen molar-refractivity contribution in [2.75, 3.05) is 53.5 Å². The van der Waals surface area contributed by atoms with Gasteiger partial charge in [0.25, 0.3) is 0 Å². The van der Waals surface area contributed by atoms with Gasteiger partial charge in [-0.3, -0.25) is 9.89 Å². The highest BCUT2D eigenvalue weighted by Crippen LogP contribution is 2.31. The monoisotopic (exact) mass is 400 g/mol. The fourth-order valence-corrected chi connectivity index (χ4v) is 3.32. The molecule has 0 aromatic heterocycles. The number of aliphatic imine (C=N–C) groups is 1. The third-order valence-electron chi connectivity index (χ3n) is 4.98. The van der Waals surface area contributed by atoms with Gasteiger partial charge in [-0.15, -0.1) is 0 Å². The van der Waals surface area contributed by atoms with Crippen molar-refractivity contribution in [2.24, 2.45) is 4.99 Å². The molecule has 0 aliphatic carbocycles. The first kappa shape index (κ1) is 22.5. The minimum atomic E-state index is -4.32. The standard InChI is InChI=1S/C20H31F3N4O/c1-4-5-10-26(3)19(24-2)25-15-18(27-11-13-28-14-12-27)16-6-8-17(9-7-16)20(21,22)23/h6-9,18H,4-5,10-15H2,1-3H3,(H,24,25). The van der Waals surface area contributed by atoms with Crippen molar-refractivity contribution in [2.45, 2.75) is 32.0 Å². The van der Waals surface area contributed by atoms with Gasteiger partial charge >= 0.3 is 6.18 Å². The van der Waals surface area contributed by atoms with E-state index in [2.05, 4.69) is 27.0 Å². The first-order valence-corrected chi connectivity index (χ1v) is 9.77. The van der Waals surface area contributed by atoms with Crippen molar-refractivity contribution in [3.05, 3.63) is 35.4 Å². The van der Waals surface area contributed by atoms with Gasteiger partial charge in [-0.25, -0.2) is 0 Å². The van der Waals surface area contributed by atoms with Crippen LogP contribution < -0.4 is 5.32 Å². The van der Waals surface area contributed by atoms with Crippen LogP contribution in [0.3, 0.4) is 0 Å². The Labute approximate surface area is 165 Å². The van der Waals surface area contributed by atoms with E-state index >= 15 is 0 Å². The van der Waals surface area contributed by atoms with E-state index < -0.39 is 11.7 Å². The zero-order chi connectivity index (χ0) is 20.6. The first-order valence-electron chi connectivity index (χ1n) is 9.77. The summed E-state index contributed by atoms with van der Waals surface area (Å²) in [5.74, 6) is 0.790. The van der Waals surface area contributed by atoms with E-state index in [0.29, 0.717) is 19.8 Å². The lowest BCUT2D eigenvalue weighted by molar-refractivity contribution is -0.137. The zero-order valence-electron chi connectivity index (χ0n) is 16.9. The van der Waals surface area contributed by atoms with Gasteiger partial charge in [-0.1, -0.05) is 25.5 Å². The molecule has 1 aliphatic heterocycles. The van der Waals surface area contributed by atoms with Gasteiger partial charge in [0, 0.05) is 40.3 Å². The number of hydrogen-bond donors (Lipinski definition) is 1. The second-order valence-electron chi connectivity index (χ2n) is 6.99. The SMILES string of the molecule is CCCCN(C)C(=NC)NCC(c1ccc(C(F)(F)F)cc1)N1CCOCC1. The molecule has 0 radical (unpaired) electrons. The summed E-state index contributed by atoms with van der Waals surface area (Å²) in [4.78, 5) is 8.66. The Bertz CT molecular complexity index is 613. The number of rotatable bonds is 7. The Hall–Kier alpha value is -1.80. The Morgan fingerprint density at radius 2 is 1.89 bits per heavy atom. The van der Waals surface area contributed by atoms with Crippen LogP contribution in [0, 0.1) is 0 Å². The van der Waals surface area contributed by atoms with Crippen LogP contribution in [0.1, 0.15) is 36.9 Å². The molecule has 1 N–H and O–H groups in total. The second kappa shape index (κ2) is 10.7. The number of nitrogens with one attached hydrogen (secondary N) is 1. The lowest BCUT2D eigenvalue weighted by atomic mass is 10.0. The molecule has 8 heteroatoms. The molecule has 1 aromatic carbocycles. The molecular formula is C20H31F3N4O. The zero-order valence-corrected chi connectivity index (χ0v) is 16.9. The van der Waals surface area contributed by atoms with Gasteiger partial charge in [-0.2, -0.15) is 13.2 Å². The van der Waals surface area contributed by atoms with E-state index in [1.807, 2.05) is 7.05 Å². The van der Waals surface area contributed by atoms with Crippen molar-refractivity contribution >= 4 is 5.96 Å². The van der Waals surface area contributed by atoms with E-state index in [9.17, 15) is 13.2 Å². The van der Waals surface area contributed by atoms with Gasteiger partial charge in [0.2, 0.25) is 0 Å². The summed E-state index contributed by atoms with van der Waals surface area (Å²) in [6, 6.07) is 5.42. The molecule has 28 heavy (non-hydrogen) atoms. The average molecular weight is 400 g/mol. The number of unbranched alkanes of at least 4 members (excludes halogenated alkanes) is 1. The Morgan fingerprint density at radius 3 is 2.43 bits per heavy atom. The maximum absolute atomic E-state index is 12.9. The van der Waals surface area contributed by atoms with Crippen LogP contribution in [0.4, 0.5) is 13.2 Å². The van der Waals surface area contributed by atoms with Crippen LogP contribution >= 0.6 is 0 Å². The van der Waals surface area contributed by atoms with E-state index in [0.717, 1.165) is 56.1 Å². The number of benzene rings is 1. The second-order valence-corrected chi connectivity index (χ2v) is 6.99. The largest absolute Gasteiger partial charge is 0.416 e. The van der Waals surface area contributed by atoms with Crippen LogP contribution in [0.25, 0.3) is 0 Å². The summed E-state index contributed by atoms with van der Waals surface area (Å²) in [5, 5.41) is 3.39. The topological polar surface area (TPSA) is 40.1 Å². The highest BCUT2D eigenvalue weighted by molar-refractivity contribution is 5.79. The van der Waals surface area contributed by atoms with E-state index in [4.69, 9.17) is 4.74 Å². The number of ether oxygens (including phenoxy) is 1. The number of guanidine groups is 1. The molecule has 1 heterocycles. The lowest BCUT2D eigenvalue weighted by Crippen LogP contribution is -2.46. The van der Waals surface area contributed by atoms with Crippen LogP contribution in [0.2, 0.25) is 0 Å². The molecule has 2 rings (SSSR count). The molecular weight excluding hydrogens is 369 g/mol. The molecule has 158 valence electrons. The smallest absolute Gasteiger partial charge is 0.379 e. The minimum absolute atomic E-state index is 0.0532. The third-order valence-corrected chi connectivity index (χ3v) is 4.98. The molecule has 5 nitrogen and oxygen atoms in total. The molecule has 0 saturated carbocycles. The van der Waals surface area contributed by atoms with Gasteiger partial charge in [0.15, 0.2) is 5.96 Å². The van der Waals surface area contributed by atoms with Crippen LogP contribution in [-0.4, -0.2) is 69.2 Å². The maximum atomic E-state index is 12.9. The summed E-state index contributed by atoms with van der Waals surface area (Å²) < 4.78 is 44.2. The molecule has 1 fully saturated rings. The summed E-state index contributed by atoms with van der Waals surface area (Å²) in [6.45, 7) is 6.36. The lowest BCUT2D eigenvalue weighted by Gasteiger charge is -2.36. The average Bonchev–Trinajstić information content (AvgIpc) is 2.69. The number of alkyl halides is 3. The molecule has 1 saturated heterocycles. The summed E-state index contributed by atoms with van der Waals surface area (Å²) >= 11 is 0. The van der Waals surface area contributed by atoms with Crippen molar-refractivity contribution in [1.82, 2.24) is 15.1 Å². The minimum Gasteiger partial charge on any atom is -0.379 e. The molecule has 1 aromatic rings. The highest BCUT2D eigenvalue weighted by atomic mass is 19.4. The van der Waals surface area contributed by atoms with Crippen molar-refractivity contribution in [3.63, 3.8) is 0 Å². The highest BCUT2D eigenvalue weighted by Gasteiger charge is 2.31. The van der Waals surface area contributed by atoms with E-state index in [1.54, 1.807) is 19.2 Å². The number of hydrogen-bond acceptors (Lipinski definition) is 3. The van der Waals surface area contributed by atoms with Gasteiger partial charge < -0.3 is 15.0 Å². The van der Waals surface area contributed by atoms with Crippen LogP contribution in [0.5, 0.6) is 0 Å². The Balaban J connectivity index is 2.13. The van der Waals surface area contributed by atoms with Crippen molar-refractivity contribution in [3.8, 4) is 0 Å². The van der Waals surface area contributed by atoms with E-state index in [1.165, 1.54) is 0 Å². The molecule has 0 bridgehead atoms. The quantitative estimate of drug-likeness (QED) is 0.563. The number of halogens is 3. The van der Waals surface area contributed by atoms with Gasteiger partial charge in [-0.05, 0) is 24.1 Å².